The molecule has 0 heterocycles. The van der Waals surface area contributed by atoms with Crippen molar-refractivity contribution in [1.29, 1.82) is 0 Å². The average molecular weight is 396 g/mol. The normalized spacial score (nSPS) is 41.5. The maximum Gasteiger partial charge on any atom is 0.241 e. The summed E-state index contributed by atoms with van der Waals surface area (Å²) in [5.74, 6) is 2.87. The molecule has 0 aromatic rings. The zero-order valence-corrected chi connectivity index (χ0v) is 19.4. The van der Waals surface area contributed by atoms with E-state index in [-0.39, 0.29) is 16.6 Å². The van der Waals surface area contributed by atoms with Gasteiger partial charge in [0.05, 0.1) is 5.76 Å². The van der Waals surface area contributed by atoms with Crippen molar-refractivity contribution in [2.45, 2.75) is 66.1 Å². The molecule has 4 aliphatic rings. The smallest absolute Gasteiger partial charge is 0.241 e. The minimum absolute atomic E-state index is 0.0595. The predicted octanol–water partition coefficient (Wildman–Crippen LogP) is 6.40. The van der Waals surface area contributed by atoms with Crippen molar-refractivity contribution in [2.24, 2.45) is 28.6 Å². The second-order valence-electron chi connectivity index (χ2n) is 10.8. The SMILES string of the molecule is [CH2]/C(O[Si](C)(C)C)=C1\[C@H](C)CC2C3CCC4=CC(=O)C=C[C@]4(C)C3=CC[C@]12C. The van der Waals surface area contributed by atoms with Crippen LogP contribution in [0.5, 0.6) is 0 Å². The van der Waals surface area contributed by atoms with Crippen molar-refractivity contribution >= 4 is 14.1 Å². The van der Waals surface area contributed by atoms with Crippen molar-refractivity contribution < 1.29 is 9.22 Å². The van der Waals surface area contributed by atoms with Gasteiger partial charge in [-0.2, -0.15) is 0 Å². The third kappa shape index (κ3) is 2.92. The maximum absolute atomic E-state index is 11.9. The molecule has 4 aliphatic carbocycles. The molecule has 0 bridgehead atoms. The highest BCUT2D eigenvalue weighted by atomic mass is 28.4. The molecule has 2 saturated carbocycles. The van der Waals surface area contributed by atoms with E-state index in [2.05, 4.69) is 59.5 Å². The van der Waals surface area contributed by atoms with Crippen LogP contribution in [0, 0.1) is 35.5 Å². The van der Waals surface area contributed by atoms with E-state index in [0.29, 0.717) is 17.8 Å². The zero-order valence-electron chi connectivity index (χ0n) is 18.4. The van der Waals surface area contributed by atoms with E-state index in [4.69, 9.17) is 4.43 Å². The second kappa shape index (κ2) is 6.32. The van der Waals surface area contributed by atoms with Crippen LogP contribution in [0.2, 0.25) is 19.6 Å². The Hall–Kier alpha value is -1.35. The Morgan fingerprint density at radius 3 is 2.68 bits per heavy atom. The zero-order chi connectivity index (χ0) is 20.5. The molecule has 0 spiro atoms. The minimum atomic E-state index is -1.67. The molecule has 1 radical (unpaired) electrons. The van der Waals surface area contributed by atoms with Crippen molar-refractivity contribution in [3.8, 4) is 0 Å². The molecule has 28 heavy (non-hydrogen) atoms. The fraction of sp³-hybridized carbons (Fsp3) is 0.600. The molecule has 151 valence electrons. The van der Waals surface area contributed by atoms with Crippen LogP contribution in [0.25, 0.3) is 0 Å². The van der Waals surface area contributed by atoms with Crippen LogP contribution in [0.3, 0.4) is 0 Å². The van der Waals surface area contributed by atoms with Crippen molar-refractivity contribution in [3.05, 3.63) is 53.7 Å². The molecular weight excluding hydrogens is 360 g/mol. The average Bonchev–Trinajstić information content (AvgIpc) is 2.84. The number of ketones is 1. The highest BCUT2D eigenvalue weighted by molar-refractivity contribution is 6.70. The van der Waals surface area contributed by atoms with Crippen LogP contribution in [0.15, 0.2) is 46.8 Å². The van der Waals surface area contributed by atoms with Crippen LogP contribution in [0.1, 0.15) is 46.5 Å². The number of hydrogen-bond acceptors (Lipinski definition) is 2. The van der Waals surface area contributed by atoms with Gasteiger partial charge in [-0.25, -0.2) is 0 Å². The molecule has 0 saturated heterocycles. The Kier molecular flexibility index (Phi) is 4.50. The molecule has 2 fully saturated rings. The summed E-state index contributed by atoms with van der Waals surface area (Å²) in [6, 6.07) is 0. The summed E-state index contributed by atoms with van der Waals surface area (Å²) >= 11 is 0. The topological polar surface area (TPSA) is 26.3 Å². The summed E-state index contributed by atoms with van der Waals surface area (Å²) in [5.41, 5.74) is 4.43. The summed E-state index contributed by atoms with van der Waals surface area (Å²) < 4.78 is 6.39. The van der Waals surface area contributed by atoms with E-state index in [1.54, 1.807) is 11.6 Å². The van der Waals surface area contributed by atoms with E-state index in [1.807, 2.05) is 6.08 Å². The summed E-state index contributed by atoms with van der Waals surface area (Å²) in [7, 11) is -1.67. The molecule has 2 nitrogen and oxygen atoms in total. The summed E-state index contributed by atoms with van der Waals surface area (Å²) in [6.07, 6.45) is 12.8. The maximum atomic E-state index is 11.9. The Bertz CT molecular complexity index is 837. The first kappa shape index (κ1) is 19.9. The lowest BCUT2D eigenvalue weighted by atomic mass is 9.53. The van der Waals surface area contributed by atoms with Crippen LogP contribution >= 0.6 is 0 Å². The highest BCUT2D eigenvalue weighted by Crippen LogP contribution is 2.65. The van der Waals surface area contributed by atoms with Crippen molar-refractivity contribution in [2.75, 3.05) is 0 Å². The van der Waals surface area contributed by atoms with Crippen molar-refractivity contribution in [3.63, 3.8) is 0 Å². The molecule has 4 rings (SSSR count). The van der Waals surface area contributed by atoms with E-state index in [9.17, 15) is 4.79 Å². The van der Waals surface area contributed by atoms with E-state index in [0.717, 1.165) is 25.0 Å². The van der Waals surface area contributed by atoms with Gasteiger partial charge in [0, 0.05) is 12.3 Å². The largest absolute Gasteiger partial charge is 0.547 e. The monoisotopic (exact) mass is 395 g/mol. The van der Waals surface area contributed by atoms with Gasteiger partial charge in [-0.1, -0.05) is 37.1 Å². The number of hydrogen-bond donors (Lipinski definition) is 0. The van der Waals surface area contributed by atoms with Crippen molar-refractivity contribution in [1.82, 2.24) is 0 Å². The molecule has 0 aliphatic heterocycles. The van der Waals surface area contributed by atoms with Gasteiger partial charge in [0.25, 0.3) is 0 Å². The number of carbonyl (C=O) groups excluding carboxylic acids is 1. The first-order valence-corrected chi connectivity index (χ1v) is 14.3. The number of rotatable bonds is 2. The minimum Gasteiger partial charge on any atom is -0.547 e. The lowest BCUT2D eigenvalue weighted by Gasteiger charge is -2.51. The molecular formula is C25H35O2Si. The van der Waals surface area contributed by atoms with Crippen LogP contribution in [-0.4, -0.2) is 14.1 Å². The van der Waals surface area contributed by atoms with Gasteiger partial charge in [-0.05, 0) is 93.1 Å². The molecule has 0 aromatic heterocycles. The predicted molar refractivity (Wildman–Crippen MR) is 118 cm³/mol. The first-order valence-electron chi connectivity index (χ1n) is 10.9. The first-order chi connectivity index (χ1) is 13.0. The molecule has 2 unspecified atom stereocenters. The lowest BCUT2D eigenvalue weighted by Crippen LogP contribution is -2.42. The Labute approximate surface area is 171 Å². The molecule has 3 heteroatoms. The van der Waals surface area contributed by atoms with E-state index < -0.39 is 8.32 Å². The fourth-order valence-corrected chi connectivity index (χ4v) is 7.55. The van der Waals surface area contributed by atoms with Gasteiger partial charge in [-0.3, -0.25) is 4.79 Å². The van der Waals surface area contributed by atoms with Gasteiger partial charge in [0.1, 0.15) is 0 Å². The Morgan fingerprint density at radius 1 is 1.29 bits per heavy atom. The van der Waals surface area contributed by atoms with Gasteiger partial charge in [-0.15, -0.1) is 0 Å². The molecule has 5 atom stereocenters. The summed E-state index contributed by atoms with van der Waals surface area (Å²) in [5, 5.41) is 0. The molecule has 0 amide bonds. The second-order valence-corrected chi connectivity index (χ2v) is 15.3. The Balaban J connectivity index is 1.75. The third-order valence-electron chi connectivity index (χ3n) is 7.78. The summed E-state index contributed by atoms with van der Waals surface area (Å²) in [4.78, 5) is 11.9. The third-order valence-corrected chi connectivity index (χ3v) is 8.64. The number of fused-ring (bicyclic) bond motifs is 5. The standard InChI is InChI=1S/C25H35O2Si/c1-16-14-22-20-9-8-18-15-19(26)10-12-24(18,3)21(20)11-13-25(22,4)23(16)17(2)27-28(5,6)7/h10-12,15-16,20,22H,2,8-9,13-14H2,1,3-7H3/b23-17-/t16-,20?,22?,24+,25+/m1/s1. The highest BCUT2D eigenvalue weighted by Gasteiger charge is 2.56. The summed E-state index contributed by atoms with van der Waals surface area (Å²) in [6.45, 7) is 18.3. The van der Waals surface area contributed by atoms with Gasteiger partial charge < -0.3 is 4.43 Å². The van der Waals surface area contributed by atoms with Gasteiger partial charge in [0.2, 0.25) is 8.32 Å². The van der Waals surface area contributed by atoms with E-state index in [1.165, 1.54) is 17.6 Å². The quantitative estimate of drug-likeness (QED) is 0.307. The van der Waals surface area contributed by atoms with Crippen LogP contribution in [-0.2, 0) is 9.22 Å². The van der Waals surface area contributed by atoms with Gasteiger partial charge >= 0.3 is 0 Å². The van der Waals surface area contributed by atoms with Gasteiger partial charge in [0.15, 0.2) is 5.78 Å². The van der Waals surface area contributed by atoms with Crippen LogP contribution < -0.4 is 0 Å². The molecule has 0 N–H and O–H groups in total. The molecule has 0 aromatic carbocycles. The van der Waals surface area contributed by atoms with E-state index >= 15 is 0 Å². The Morgan fingerprint density at radius 2 is 2.00 bits per heavy atom. The lowest BCUT2D eigenvalue weighted by molar-refractivity contribution is -0.110. The van der Waals surface area contributed by atoms with Crippen LogP contribution in [0.4, 0.5) is 0 Å². The number of allylic oxidation sites excluding steroid dienone is 8. The fourth-order valence-electron chi connectivity index (χ4n) is 6.70. The number of carbonyl (C=O) groups is 1.